The number of nitrogens with one attached hydrogen (secondary N) is 1. The highest BCUT2D eigenvalue weighted by Crippen LogP contribution is 2.16. The van der Waals surface area contributed by atoms with E-state index in [-0.39, 0.29) is 11.0 Å². The smallest absolute Gasteiger partial charge is 0.331 e. The second kappa shape index (κ2) is 8.00. The Labute approximate surface area is 147 Å². The van der Waals surface area contributed by atoms with Crippen molar-refractivity contribution in [2.45, 2.75) is 25.9 Å². The second-order valence-corrected chi connectivity index (χ2v) is 7.93. The van der Waals surface area contributed by atoms with Crippen LogP contribution in [0.4, 0.5) is 4.79 Å². The minimum Gasteiger partial charge on any atom is -0.381 e. The molecule has 1 fully saturated rings. The van der Waals surface area contributed by atoms with Gasteiger partial charge < -0.3 is 9.64 Å². The number of carbonyl (C=O) groups excluding carboxylic acids is 1. The standard InChI is InChI=1S/C16H21ClN2O4S/c1-12(11-13-3-5-14(17)6-4-13)24(21,22)18-16(20)19-9-7-15(23-2)8-10-19/h3-6,11,15H,7-10H2,1-2H3,(H,18,20). The summed E-state index contributed by atoms with van der Waals surface area (Å²) in [7, 11) is -2.25. The molecule has 1 aromatic carbocycles. The second-order valence-electron chi connectivity index (χ2n) is 5.64. The van der Waals surface area contributed by atoms with E-state index in [1.54, 1.807) is 31.4 Å². The maximum absolute atomic E-state index is 12.3. The number of piperidine rings is 1. The van der Waals surface area contributed by atoms with Crippen LogP contribution in [0.3, 0.4) is 0 Å². The Hall–Kier alpha value is -1.57. The van der Waals surface area contributed by atoms with Crippen molar-refractivity contribution in [1.82, 2.24) is 9.62 Å². The van der Waals surface area contributed by atoms with E-state index >= 15 is 0 Å². The number of carbonyl (C=O) groups is 1. The van der Waals surface area contributed by atoms with Gasteiger partial charge in [0.1, 0.15) is 0 Å². The van der Waals surface area contributed by atoms with Gasteiger partial charge >= 0.3 is 6.03 Å². The summed E-state index contributed by atoms with van der Waals surface area (Å²) in [4.78, 5) is 13.7. The van der Waals surface area contributed by atoms with Crippen molar-refractivity contribution in [2.75, 3.05) is 20.2 Å². The van der Waals surface area contributed by atoms with Gasteiger partial charge in [0.15, 0.2) is 0 Å². The van der Waals surface area contributed by atoms with Crippen LogP contribution in [0.5, 0.6) is 0 Å². The molecule has 132 valence electrons. The minimum absolute atomic E-state index is 0.0601. The molecule has 0 saturated carbocycles. The molecule has 1 N–H and O–H groups in total. The van der Waals surface area contributed by atoms with Crippen molar-refractivity contribution in [2.24, 2.45) is 0 Å². The third-order valence-corrected chi connectivity index (χ3v) is 5.61. The molecule has 0 bridgehead atoms. The van der Waals surface area contributed by atoms with Crippen LogP contribution in [-0.4, -0.2) is 45.7 Å². The number of allylic oxidation sites excluding steroid dienone is 1. The Kier molecular flexibility index (Phi) is 6.26. The average molecular weight is 373 g/mol. The van der Waals surface area contributed by atoms with Crippen LogP contribution in [0.15, 0.2) is 29.2 Å². The Morgan fingerprint density at radius 1 is 1.29 bits per heavy atom. The van der Waals surface area contributed by atoms with E-state index in [1.807, 2.05) is 0 Å². The van der Waals surface area contributed by atoms with E-state index in [2.05, 4.69) is 4.72 Å². The van der Waals surface area contributed by atoms with Gasteiger partial charge in [-0.05, 0) is 43.5 Å². The zero-order valence-electron chi connectivity index (χ0n) is 13.7. The lowest BCUT2D eigenvalue weighted by atomic mass is 10.1. The highest BCUT2D eigenvalue weighted by Gasteiger charge is 2.26. The molecule has 0 radical (unpaired) electrons. The van der Waals surface area contributed by atoms with Crippen LogP contribution < -0.4 is 4.72 Å². The van der Waals surface area contributed by atoms with E-state index in [0.29, 0.717) is 36.5 Å². The van der Waals surface area contributed by atoms with Gasteiger partial charge in [-0.25, -0.2) is 17.9 Å². The maximum Gasteiger partial charge on any atom is 0.331 e. The molecule has 0 aromatic heterocycles. The molecule has 8 heteroatoms. The first kappa shape index (κ1) is 18.8. The minimum atomic E-state index is -3.88. The van der Waals surface area contributed by atoms with E-state index in [4.69, 9.17) is 16.3 Å². The number of ether oxygens (including phenoxy) is 1. The number of likely N-dealkylation sites (tertiary alicyclic amines) is 1. The molecule has 1 heterocycles. The molecule has 24 heavy (non-hydrogen) atoms. The van der Waals surface area contributed by atoms with Crippen molar-refractivity contribution in [3.8, 4) is 0 Å². The molecule has 1 aromatic rings. The summed E-state index contributed by atoms with van der Waals surface area (Å²) in [6, 6.07) is 6.16. The number of urea groups is 1. The van der Waals surface area contributed by atoms with Crippen LogP contribution in [0, 0.1) is 0 Å². The van der Waals surface area contributed by atoms with Gasteiger partial charge in [0.05, 0.1) is 11.0 Å². The highest BCUT2D eigenvalue weighted by molar-refractivity contribution is 7.94. The third-order valence-electron chi connectivity index (χ3n) is 3.95. The van der Waals surface area contributed by atoms with Gasteiger partial charge in [0.25, 0.3) is 10.0 Å². The van der Waals surface area contributed by atoms with E-state index in [0.717, 1.165) is 0 Å². The number of benzene rings is 1. The first-order valence-corrected chi connectivity index (χ1v) is 9.46. The van der Waals surface area contributed by atoms with Crippen LogP contribution >= 0.6 is 11.6 Å². The van der Waals surface area contributed by atoms with E-state index in [9.17, 15) is 13.2 Å². The lowest BCUT2D eigenvalue weighted by Crippen LogP contribution is -2.47. The fourth-order valence-electron chi connectivity index (χ4n) is 2.43. The first-order valence-electron chi connectivity index (χ1n) is 7.60. The fourth-order valence-corrected chi connectivity index (χ4v) is 3.36. The molecular weight excluding hydrogens is 352 g/mol. The van der Waals surface area contributed by atoms with Gasteiger partial charge in [0.2, 0.25) is 0 Å². The third kappa shape index (κ3) is 4.96. The van der Waals surface area contributed by atoms with E-state index < -0.39 is 16.1 Å². The molecule has 2 amide bonds. The number of amides is 2. The monoisotopic (exact) mass is 372 g/mol. The summed E-state index contributed by atoms with van der Waals surface area (Å²) in [5, 5.41) is 0.570. The summed E-state index contributed by atoms with van der Waals surface area (Å²) in [5.41, 5.74) is 0.690. The van der Waals surface area contributed by atoms with Crippen LogP contribution in [0.1, 0.15) is 25.3 Å². The topological polar surface area (TPSA) is 75.7 Å². The van der Waals surface area contributed by atoms with Gasteiger partial charge in [-0.2, -0.15) is 0 Å². The lowest BCUT2D eigenvalue weighted by Gasteiger charge is -2.31. The predicted octanol–water partition coefficient (Wildman–Crippen LogP) is 2.85. The number of methoxy groups -OCH3 is 1. The molecule has 0 atom stereocenters. The largest absolute Gasteiger partial charge is 0.381 e. The fraction of sp³-hybridized carbons (Fsp3) is 0.438. The summed E-state index contributed by atoms with van der Waals surface area (Å²) in [5.74, 6) is 0. The summed E-state index contributed by atoms with van der Waals surface area (Å²) >= 11 is 5.80. The molecule has 6 nitrogen and oxygen atoms in total. The van der Waals surface area contributed by atoms with Crippen molar-refractivity contribution < 1.29 is 17.9 Å². The number of hydrogen-bond donors (Lipinski definition) is 1. The molecular formula is C16H21ClN2O4S. The van der Waals surface area contributed by atoms with Crippen molar-refractivity contribution >= 4 is 33.7 Å². The number of halogens is 1. The number of nitrogens with zero attached hydrogens (tertiary/aromatic N) is 1. The van der Waals surface area contributed by atoms with Gasteiger partial charge in [-0.1, -0.05) is 23.7 Å². The molecule has 0 aliphatic carbocycles. The van der Waals surface area contributed by atoms with Crippen LogP contribution in [-0.2, 0) is 14.8 Å². The zero-order valence-corrected chi connectivity index (χ0v) is 15.2. The summed E-state index contributed by atoms with van der Waals surface area (Å²) < 4.78 is 31.9. The molecule has 1 aliphatic rings. The highest BCUT2D eigenvalue weighted by atomic mass is 35.5. The Morgan fingerprint density at radius 3 is 2.42 bits per heavy atom. The normalized spacial score (nSPS) is 17.0. The summed E-state index contributed by atoms with van der Waals surface area (Å²) in [6.07, 6.45) is 3.01. The van der Waals surface area contributed by atoms with Gasteiger partial charge in [-0.15, -0.1) is 0 Å². The maximum atomic E-state index is 12.3. The molecule has 0 unspecified atom stereocenters. The Balaban J connectivity index is 2.02. The van der Waals surface area contributed by atoms with Crippen LogP contribution in [0.2, 0.25) is 5.02 Å². The Morgan fingerprint density at radius 2 is 1.88 bits per heavy atom. The van der Waals surface area contributed by atoms with Crippen molar-refractivity contribution in [3.63, 3.8) is 0 Å². The molecule has 0 spiro atoms. The predicted molar refractivity (Wildman–Crippen MR) is 94.2 cm³/mol. The first-order chi connectivity index (χ1) is 11.3. The lowest BCUT2D eigenvalue weighted by molar-refractivity contribution is 0.0511. The zero-order chi connectivity index (χ0) is 17.7. The van der Waals surface area contributed by atoms with E-state index in [1.165, 1.54) is 17.9 Å². The molecule has 2 rings (SSSR count). The number of sulfonamides is 1. The number of rotatable bonds is 4. The van der Waals surface area contributed by atoms with Crippen molar-refractivity contribution in [1.29, 1.82) is 0 Å². The SMILES string of the molecule is COC1CCN(C(=O)NS(=O)(=O)C(C)=Cc2ccc(Cl)cc2)CC1. The summed E-state index contributed by atoms with van der Waals surface area (Å²) in [6.45, 7) is 2.39. The van der Waals surface area contributed by atoms with Crippen molar-refractivity contribution in [3.05, 3.63) is 39.8 Å². The van der Waals surface area contributed by atoms with Gasteiger partial charge in [-0.3, -0.25) is 0 Å². The van der Waals surface area contributed by atoms with Gasteiger partial charge in [0, 0.05) is 25.2 Å². The average Bonchev–Trinajstić information content (AvgIpc) is 2.56. The Bertz CT molecular complexity index is 708. The molecule has 1 aliphatic heterocycles. The number of hydrogen-bond acceptors (Lipinski definition) is 4. The van der Waals surface area contributed by atoms with Crippen LogP contribution in [0.25, 0.3) is 6.08 Å². The molecule has 1 saturated heterocycles. The quantitative estimate of drug-likeness (QED) is 0.881.